The Hall–Kier alpha value is -3.39. The van der Waals surface area contributed by atoms with Crippen LogP contribution in [0.1, 0.15) is 34.0 Å². The molecule has 0 unspecified atom stereocenters. The van der Waals surface area contributed by atoms with Crippen LogP contribution in [0.4, 0.5) is 5.69 Å². The van der Waals surface area contributed by atoms with Crippen molar-refractivity contribution in [3.63, 3.8) is 0 Å². The van der Waals surface area contributed by atoms with Crippen molar-refractivity contribution in [2.75, 3.05) is 11.3 Å². The molecule has 7 nitrogen and oxygen atoms in total. The zero-order chi connectivity index (χ0) is 22.4. The smallest absolute Gasteiger partial charge is 0.263 e. The van der Waals surface area contributed by atoms with Crippen molar-refractivity contribution >= 4 is 21.6 Å². The zero-order valence-corrected chi connectivity index (χ0v) is 18.3. The summed E-state index contributed by atoms with van der Waals surface area (Å²) in [5.41, 5.74) is 8.43. The van der Waals surface area contributed by atoms with Gasteiger partial charge in [0.25, 0.3) is 10.0 Å². The van der Waals surface area contributed by atoms with Crippen LogP contribution in [-0.4, -0.2) is 25.9 Å². The maximum atomic E-state index is 13.3. The van der Waals surface area contributed by atoms with Gasteiger partial charge in [0.2, 0.25) is 5.91 Å². The van der Waals surface area contributed by atoms with E-state index in [1.165, 1.54) is 24.5 Å². The second-order valence-corrected chi connectivity index (χ2v) is 8.65. The highest BCUT2D eigenvalue weighted by Gasteiger charge is 2.25. The first-order valence-corrected chi connectivity index (χ1v) is 11.4. The Morgan fingerprint density at radius 2 is 1.77 bits per heavy atom. The predicted octanol–water partition coefficient (Wildman–Crippen LogP) is 3.47. The van der Waals surface area contributed by atoms with Gasteiger partial charge in [0.05, 0.1) is 30.3 Å². The summed E-state index contributed by atoms with van der Waals surface area (Å²) in [7, 11) is -4.11. The van der Waals surface area contributed by atoms with E-state index in [0.717, 1.165) is 11.1 Å². The minimum Gasteiger partial charge on any atom is -0.492 e. The van der Waals surface area contributed by atoms with Crippen molar-refractivity contribution in [2.24, 2.45) is 5.73 Å². The van der Waals surface area contributed by atoms with E-state index in [2.05, 4.69) is 9.71 Å². The number of carbonyl (C=O) groups excluding carboxylic acids is 1. The standard InChI is InChI=1S/C23H25N3O4S/c1-3-30-20-13-19(14-25-15-20)26-31(28,29)22-18(9-6-10-21(22)23(24)27)12-11-17-8-5-4-7-16(17)2/h4-10,13-15,26H,3,11-12H2,1-2H3,(H2,24,27). The van der Waals surface area contributed by atoms with Crippen LogP contribution in [0.3, 0.4) is 0 Å². The molecule has 0 aliphatic rings. The molecule has 0 bridgehead atoms. The average Bonchev–Trinajstić information content (AvgIpc) is 2.73. The third-order valence-electron chi connectivity index (χ3n) is 4.83. The van der Waals surface area contributed by atoms with E-state index in [1.807, 2.05) is 38.1 Å². The molecule has 2 aromatic carbocycles. The van der Waals surface area contributed by atoms with Crippen LogP contribution in [0.5, 0.6) is 5.75 Å². The predicted molar refractivity (Wildman–Crippen MR) is 120 cm³/mol. The van der Waals surface area contributed by atoms with Gasteiger partial charge in [0, 0.05) is 6.07 Å². The van der Waals surface area contributed by atoms with Crippen molar-refractivity contribution < 1.29 is 17.9 Å². The molecule has 1 amide bonds. The summed E-state index contributed by atoms with van der Waals surface area (Å²) in [6, 6.07) is 14.2. The molecule has 0 saturated carbocycles. The van der Waals surface area contributed by atoms with Crippen LogP contribution in [0.2, 0.25) is 0 Å². The molecular weight excluding hydrogens is 414 g/mol. The Labute approximate surface area is 182 Å². The number of aromatic nitrogens is 1. The maximum absolute atomic E-state index is 13.3. The first kappa shape index (κ1) is 22.3. The average molecular weight is 440 g/mol. The zero-order valence-electron chi connectivity index (χ0n) is 17.5. The number of aryl methyl sites for hydroxylation is 3. The number of rotatable bonds is 9. The summed E-state index contributed by atoms with van der Waals surface area (Å²) >= 11 is 0. The van der Waals surface area contributed by atoms with E-state index >= 15 is 0 Å². The quantitative estimate of drug-likeness (QED) is 0.530. The molecule has 1 heterocycles. The van der Waals surface area contributed by atoms with Gasteiger partial charge in [-0.3, -0.25) is 14.5 Å². The van der Waals surface area contributed by atoms with Crippen LogP contribution in [0.25, 0.3) is 0 Å². The number of nitrogens with two attached hydrogens (primary N) is 1. The fourth-order valence-electron chi connectivity index (χ4n) is 3.38. The highest BCUT2D eigenvalue weighted by Crippen LogP contribution is 2.26. The highest BCUT2D eigenvalue weighted by atomic mass is 32.2. The Kier molecular flexibility index (Phi) is 6.91. The lowest BCUT2D eigenvalue weighted by Gasteiger charge is -2.16. The molecule has 0 saturated heterocycles. The van der Waals surface area contributed by atoms with Gasteiger partial charge >= 0.3 is 0 Å². The number of pyridine rings is 1. The number of primary amides is 1. The summed E-state index contributed by atoms with van der Waals surface area (Å²) in [5.74, 6) is -0.370. The lowest BCUT2D eigenvalue weighted by molar-refractivity contribution is 0.0997. The molecule has 0 fully saturated rings. The summed E-state index contributed by atoms with van der Waals surface area (Å²) in [6.07, 6.45) is 3.92. The molecule has 3 rings (SSSR count). The van der Waals surface area contributed by atoms with Crippen molar-refractivity contribution in [1.82, 2.24) is 4.98 Å². The van der Waals surface area contributed by atoms with E-state index in [-0.39, 0.29) is 16.1 Å². The van der Waals surface area contributed by atoms with Crippen molar-refractivity contribution in [3.05, 3.63) is 83.2 Å². The number of benzene rings is 2. The lowest BCUT2D eigenvalue weighted by atomic mass is 9.99. The number of nitrogens with zero attached hydrogens (tertiary/aromatic N) is 1. The highest BCUT2D eigenvalue weighted by molar-refractivity contribution is 7.92. The van der Waals surface area contributed by atoms with Gasteiger partial charge in [-0.15, -0.1) is 0 Å². The minimum absolute atomic E-state index is 0.0521. The van der Waals surface area contributed by atoms with E-state index in [9.17, 15) is 13.2 Å². The molecule has 0 atom stereocenters. The fourth-order valence-corrected chi connectivity index (χ4v) is 4.88. The number of hydrogen-bond acceptors (Lipinski definition) is 5. The topological polar surface area (TPSA) is 111 Å². The van der Waals surface area contributed by atoms with Gasteiger partial charge in [-0.1, -0.05) is 36.4 Å². The Balaban J connectivity index is 1.98. The van der Waals surface area contributed by atoms with Crippen LogP contribution in [0, 0.1) is 6.92 Å². The third-order valence-corrected chi connectivity index (χ3v) is 6.36. The van der Waals surface area contributed by atoms with Crippen molar-refractivity contribution in [1.29, 1.82) is 0 Å². The SMILES string of the molecule is CCOc1cncc(NS(=O)(=O)c2c(CCc3ccccc3C)cccc2C(N)=O)c1. The first-order chi connectivity index (χ1) is 14.8. The number of amides is 1. The summed E-state index contributed by atoms with van der Waals surface area (Å²) in [4.78, 5) is 15.9. The van der Waals surface area contributed by atoms with Crippen molar-refractivity contribution in [3.8, 4) is 5.75 Å². The maximum Gasteiger partial charge on any atom is 0.263 e. The Bertz CT molecular complexity index is 1190. The molecule has 3 N–H and O–H groups in total. The van der Waals surface area contributed by atoms with Crippen molar-refractivity contribution in [2.45, 2.75) is 31.6 Å². The molecule has 0 radical (unpaired) electrons. The molecule has 0 aliphatic carbocycles. The van der Waals surface area contributed by atoms with Gasteiger partial charge in [-0.25, -0.2) is 8.42 Å². The summed E-state index contributed by atoms with van der Waals surface area (Å²) in [6.45, 7) is 4.25. The van der Waals surface area contributed by atoms with Crippen LogP contribution in [-0.2, 0) is 22.9 Å². The normalized spacial score (nSPS) is 11.2. The van der Waals surface area contributed by atoms with Crippen LogP contribution >= 0.6 is 0 Å². The van der Waals surface area contributed by atoms with E-state index in [4.69, 9.17) is 10.5 Å². The molecular formula is C23H25N3O4S. The van der Waals surface area contributed by atoms with Gasteiger partial charge < -0.3 is 10.5 Å². The number of carbonyl (C=O) groups is 1. The molecule has 162 valence electrons. The minimum atomic E-state index is -4.11. The summed E-state index contributed by atoms with van der Waals surface area (Å²) < 4.78 is 34.5. The van der Waals surface area contributed by atoms with Crippen LogP contribution < -0.4 is 15.2 Å². The van der Waals surface area contributed by atoms with Gasteiger partial charge in [-0.2, -0.15) is 0 Å². The first-order valence-electron chi connectivity index (χ1n) is 9.88. The Morgan fingerprint density at radius 1 is 1.06 bits per heavy atom. The number of anilines is 1. The molecule has 8 heteroatoms. The second-order valence-electron chi connectivity index (χ2n) is 7.03. The summed E-state index contributed by atoms with van der Waals surface area (Å²) in [5, 5.41) is 0. The second kappa shape index (κ2) is 9.61. The van der Waals surface area contributed by atoms with E-state index in [0.29, 0.717) is 30.8 Å². The Morgan fingerprint density at radius 3 is 2.48 bits per heavy atom. The lowest BCUT2D eigenvalue weighted by Crippen LogP contribution is -2.22. The van der Waals surface area contributed by atoms with E-state index in [1.54, 1.807) is 12.1 Å². The molecule has 31 heavy (non-hydrogen) atoms. The number of sulfonamides is 1. The molecule has 1 aromatic heterocycles. The number of hydrogen-bond donors (Lipinski definition) is 2. The van der Waals surface area contributed by atoms with Crippen LogP contribution in [0.15, 0.2) is 65.8 Å². The monoisotopic (exact) mass is 439 g/mol. The van der Waals surface area contributed by atoms with Gasteiger partial charge in [0.15, 0.2) is 0 Å². The molecule has 3 aromatic rings. The van der Waals surface area contributed by atoms with Gasteiger partial charge in [0.1, 0.15) is 10.6 Å². The largest absolute Gasteiger partial charge is 0.492 e. The molecule has 0 spiro atoms. The van der Waals surface area contributed by atoms with E-state index < -0.39 is 15.9 Å². The fraction of sp³-hybridized carbons (Fsp3) is 0.217. The number of nitrogens with one attached hydrogen (secondary N) is 1. The molecule has 0 aliphatic heterocycles. The number of ether oxygens (including phenoxy) is 1. The third kappa shape index (κ3) is 5.40. The van der Waals surface area contributed by atoms with Gasteiger partial charge in [-0.05, 0) is 49.4 Å².